The predicted molar refractivity (Wildman–Crippen MR) is 112 cm³/mol. The molecule has 3 heteroatoms. The van der Waals surface area contributed by atoms with Crippen LogP contribution in [-0.2, 0) is 14.3 Å². The van der Waals surface area contributed by atoms with Crippen LogP contribution in [-0.4, -0.2) is 23.3 Å². The summed E-state index contributed by atoms with van der Waals surface area (Å²) >= 11 is 0. The maximum absolute atomic E-state index is 13.1. The molecule has 2 aliphatic heterocycles. The van der Waals surface area contributed by atoms with E-state index in [9.17, 15) is 4.79 Å². The molecule has 30 heavy (non-hydrogen) atoms. The van der Waals surface area contributed by atoms with Gasteiger partial charge in [-0.25, -0.2) is 0 Å². The minimum absolute atomic E-state index is 0.0238. The molecular weight excluding hydrogens is 372 g/mol. The van der Waals surface area contributed by atoms with Crippen LogP contribution >= 0.6 is 0 Å². The van der Waals surface area contributed by atoms with Gasteiger partial charge in [0.2, 0.25) is 0 Å². The fourth-order valence-electron chi connectivity index (χ4n) is 11.8. The molecule has 6 aliphatic carbocycles. The van der Waals surface area contributed by atoms with Crippen molar-refractivity contribution in [2.45, 2.75) is 70.7 Å². The third-order valence-electron chi connectivity index (χ3n) is 11.7. The first-order valence-corrected chi connectivity index (χ1v) is 12.9. The summed E-state index contributed by atoms with van der Waals surface area (Å²) in [5.74, 6) is 9.80. The van der Waals surface area contributed by atoms with Gasteiger partial charge in [0.15, 0.2) is 0 Å². The van der Waals surface area contributed by atoms with Crippen LogP contribution in [0.15, 0.2) is 12.2 Å². The topological polar surface area (TPSA) is 35.5 Å². The van der Waals surface area contributed by atoms with Gasteiger partial charge in [-0.2, -0.15) is 0 Å². The van der Waals surface area contributed by atoms with Crippen LogP contribution in [0.3, 0.4) is 0 Å². The number of ether oxygens (including phenoxy) is 2. The molecule has 0 aromatic carbocycles. The number of carbonyl (C=O) groups is 1. The minimum atomic E-state index is -0.382. The van der Waals surface area contributed by atoms with Gasteiger partial charge in [-0.15, -0.1) is 0 Å². The average Bonchev–Trinajstić information content (AvgIpc) is 3.49. The third kappa shape index (κ3) is 1.78. The molecule has 162 valence electrons. The Kier molecular flexibility index (Phi) is 2.98. The largest absolute Gasteiger partial charge is 0.460 e. The molecule has 7 fully saturated rings. The summed E-state index contributed by atoms with van der Waals surface area (Å²) in [6.45, 7) is 8.50. The Hall–Kier alpha value is -0.830. The van der Waals surface area contributed by atoms with Gasteiger partial charge in [0, 0.05) is 0 Å². The molecule has 3 nitrogen and oxygen atoms in total. The average molecular weight is 409 g/mol. The fourth-order valence-corrected chi connectivity index (χ4v) is 11.8. The molecule has 0 radical (unpaired) electrons. The molecule has 0 N–H and O–H groups in total. The summed E-state index contributed by atoms with van der Waals surface area (Å²) in [7, 11) is 0. The third-order valence-corrected chi connectivity index (χ3v) is 11.7. The second kappa shape index (κ2) is 5.05. The van der Waals surface area contributed by atoms with Crippen molar-refractivity contribution in [1.29, 1.82) is 0 Å². The van der Waals surface area contributed by atoms with Gasteiger partial charge < -0.3 is 9.47 Å². The zero-order valence-corrected chi connectivity index (χ0v) is 18.8. The summed E-state index contributed by atoms with van der Waals surface area (Å²) in [5, 5.41) is 0. The van der Waals surface area contributed by atoms with Crippen LogP contribution < -0.4 is 0 Å². The summed E-state index contributed by atoms with van der Waals surface area (Å²) in [5.41, 5.74) is -0.358. The Morgan fingerprint density at radius 2 is 1.60 bits per heavy atom. The van der Waals surface area contributed by atoms with E-state index in [-0.39, 0.29) is 23.1 Å². The molecule has 0 aromatic heterocycles. The lowest BCUT2D eigenvalue weighted by Crippen LogP contribution is -2.55. The lowest BCUT2D eigenvalue weighted by molar-refractivity contribution is -0.164. The van der Waals surface area contributed by atoms with Crippen LogP contribution in [0, 0.1) is 76.9 Å². The zero-order valence-electron chi connectivity index (χ0n) is 18.8. The number of hydrogen-bond donors (Lipinski definition) is 0. The monoisotopic (exact) mass is 408 g/mol. The van der Waals surface area contributed by atoms with E-state index in [2.05, 4.69) is 19.1 Å². The van der Waals surface area contributed by atoms with Crippen molar-refractivity contribution in [3.8, 4) is 0 Å². The number of allylic oxidation sites excluding steroid dienone is 2. The van der Waals surface area contributed by atoms with Gasteiger partial charge >= 0.3 is 5.97 Å². The highest BCUT2D eigenvalue weighted by Crippen LogP contribution is 2.80. The second-order valence-corrected chi connectivity index (χ2v) is 13.7. The second-order valence-electron chi connectivity index (χ2n) is 13.7. The van der Waals surface area contributed by atoms with E-state index >= 15 is 0 Å². The molecule has 8 aliphatic rings. The van der Waals surface area contributed by atoms with Crippen molar-refractivity contribution < 1.29 is 14.3 Å². The van der Waals surface area contributed by atoms with Gasteiger partial charge in [-0.05, 0) is 124 Å². The highest BCUT2D eigenvalue weighted by Gasteiger charge is 2.81. The highest BCUT2D eigenvalue weighted by molar-refractivity contribution is 5.74. The number of rotatable bonds is 1. The fraction of sp³-hybridized carbons (Fsp3) is 0.889. The first kappa shape index (κ1) is 17.7. The lowest BCUT2D eigenvalue weighted by Gasteiger charge is -2.51. The standard InChI is InChI=1S/C27H36O3/c1-26(2,3)30-25(28)15-9-13-8-14(15)22-20(13)24-21-16-10-17(23(21)27(22,4)29-24)19-12-6-5-11(7-12)18(16)19/h5-6,11-24H,7-10H2,1-4H3. The summed E-state index contributed by atoms with van der Waals surface area (Å²) < 4.78 is 12.9. The van der Waals surface area contributed by atoms with Gasteiger partial charge in [0.1, 0.15) is 5.60 Å². The molecule has 15 atom stereocenters. The van der Waals surface area contributed by atoms with Gasteiger partial charge in [-0.3, -0.25) is 4.79 Å². The van der Waals surface area contributed by atoms with Crippen molar-refractivity contribution in [2.75, 3.05) is 0 Å². The number of hydrogen-bond acceptors (Lipinski definition) is 3. The summed E-state index contributed by atoms with van der Waals surface area (Å²) in [4.78, 5) is 13.1. The maximum atomic E-state index is 13.1. The van der Waals surface area contributed by atoms with Gasteiger partial charge in [0.05, 0.1) is 17.6 Å². The Bertz CT molecular complexity index is 870. The SMILES string of the molecule is CC(C)(C)OC(=O)C1CC2CC1C1C2C2OC1(C)C1C3CC(C4C5C=CC(C5)C34)C21. The molecule has 0 spiro atoms. The number of fused-ring (bicyclic) bond motifs is 23. The van der Waals surface area contributed by atoms with Crippen molar-refractivity contribution in [3.05, 3.63) is 12.2 Å². The van der Waals surface area contributed by atoms with Crippen LogP contribution in [0.4, 0.5) is 0 Å². The van der Waals surface area contributed by atoms with E-state index in [0.717, 1.165) is 59.7 Å². The van der Waals surface area contributed by atoms with E-state index in [1.54, 1.807) is 0 Å². The van der Waals surface area contributed by atoms with Crippen LogP contribution in [0.2, 0.25) is 0 Å². The van der Waals surface area contributed by atoms with E-state index < -0.39 is 0 Å². The van der Waals surface area contributed by atoms with Crippen molar-refractivity contribution in [1.82, 2.24) is 0 Å². The summed E-state index contributed by atoms with van der Waals surface area (Å²) in [6, 6.07) is 0. The van der Waals surface area contributed by atoms with Gasteiger partial charge in [-0.1, -0.05) is 12.2 Å². The lowest BCUT2D eigenvalue weighted by atomic mass is 9.51. The molecule has 5 saturated carbocycles. The quantitative estimate of drug-likeness (QED) is 0.358. The number of esters is 1. The molecule has 15 unspecified atom stereocenters. The molecule has 0 aromatic rings. The minimum Gasteiger partial charge on any atom is -0.460 e. The van der Waals surface area contributed by atoms with E-state index in [0.29, 0.717) is 23.9 Å². The Labute approximate surface area is 180 Å². The molecule has 0 amide bonds. The van der Waals surface area contributed by atoms with Crippen molar-refractivity contribution >= 4 is 5.97 Å². The number of carbonyl (C=O) groups excluding carboxylic acids is 1. The first-order chi connectivity index (χ1) is 14.3. The van der Waals surface area contributed by atoms with Crippen LogP contribution in [0.1, 0.15) is 53.4 Å². The van der Waals surface area contributed by atoms with E-state index in [4.69, 9.17) is 9.47 Å². The molecule has 2 heterocycles. The maximum Gasteiger partial charge on any atom is 0.309 e. The molecular formula is C27H36O3. The summed E-state index contributed by atoms with van der Waals surface area (Å²) in [6.07, 6.45) is 10.9. The van der Waals surface area contributed by atoms with Crippen molar-refractivity contribution in [2.24, 2.45) is 76.9 Å². The van der Waals surface area contributed by atoms with E-state index in [1.165, 1.54) is 19.3 Å². The van der Waals surface area contributed by atoms with Crippen LogP contribution in [0.25, 0.3) is 0 Å². The zero-order chi connectivity index (χ0) is 20.3. The Morgan fingerprint density at radius 3 is 2.33 bits per heavy atom. The predicted octanol–water partition coefficient (Wildman–Crippen LogP) is 4.71. The molecule has 8 rings (SSSR count). The first-order valence-electron chi connectivity index (χ1n) is 12.9. The van der Waals surface area contributed by atoms with E-state index in [1.807, 2.05) is 20.8 Å². The smallest absolute Gasteiger partial charge is 0.309 e. The van der Waals surface area contributed by atoms with Crippen LogP contribution in [0.5, 0.6) is 0 Å². The normalized spacial score (nSPS) is 64.8. The van der Waals surface area contributed by atoms with Crippen molar-refractivity contribution in [3.63, 3.8) is 0 Å². The molecule has 2 saturated heterocycles. The Balaban J connectivity index is 1.14. The Morgan fingerprint density at radius 1 is 0.900 bits per heavy atom. The van der Waals surface area contributed by atoms with Gasteiger partial charge in [0.25, 0.3) is 0 Å². The highest BCUT2D eigenvalue weighted by atomic mass is 16.6. The molecule has 8 bridgehead atoms.